The van der Waals surface area contributed by atoms with Crippen LogP contribution in [0.25, 0.3) is 0 Å². The van der Waals surface area contributed by atoms with Crippen LogP contribution in [0, 0.1) is 5.92 Å². The Bertz CT molecular complexity index is 516. The minimum atomic E-state index is -0.312. The summed E-state index contributed by atoms with van der Waals surface area (Å²) in [5.74, 6) is 0.458. The molecule has 0 spiro atoms. The third-order valence-electron chi connectivity index (χ3n) is 3.76. The highest BCUT2D eigenvalue weighted by Gasteiger charge is 2.21. The zero-order chi connectivity index (χ0) is 17.4. The van der Waals surface area contributed by atoms with Crippen LogP contribution in [0.3, 0.4) is 0 Å². The minimum Gasteiger partial charge on any atom is -0.459 e. The molecular weight excluding hydrogens is 310 g/mol. The van der Waals surface area contributed by atoms with Crippen molar-refractivity contribution in [1.82, 2.24) is 15.5 Å². The number of rotatable bonds is 8. The SMILES string of the molecule is CC(C)CN1CCOC(CNC(=O)CCNC(=O)c2ccco2)C1. The molecule has 2 amide bonds. The number of hydrogen-bond acceptors (Lipinski definition) is 5. The molecule has 1 unspecified atom stereocenters. The van der Waals surface area contributed by atoms with Gasteiger partial charge in [0.2, 0.25) is 5.91 Å². The van der Waals surface area contributed by atoms with Crippen molar-refractivity contribution in [3.8, 4) is 0 Å². The Morgan fingerprint density at radius 1 is 1.38 bits per heavy atom. The summed E-state index contributed by atoms with van der Waals surface area (Å²) in [6, 6.07) is 3.23. The number of ether oxygens (including phenoxy) is 1. The molecule has 1 aromatic rings. The molecule has 0 bridgehead atoms. The summed E-state index contributed by atoms with van der Waals surface area (Å²) in [7, 11) is 0. The molecule has 134 valence electrons. The lowest BCUT2D eigenvalue weighted by Crippen LogP contribution is -2.48. The van der Waals surface area contributed by atoms with Crippen LogP contribution in [0.2, 0.25) is 0 Å². The van der Waals surface area contributed by atoms with E-state index in [9.17, 15) is 9.59 Å². The van der Waals surface area contributed by atoms with E-state index in [1.165, 1.54) is 6.26 Å². The van der Waals surface area contributed by atoms with E-state index in [4.69, 9.17) is 9.15 Å². The molecule has 1 aliphatic rings. The number of nitrogens with one attached hydrogen (secondary N) is 2. The minimum absolute atomic E-state index is 0.0270. The van der Waals surface area contributed by atoms with Crippen LogP contribution in [-0.2, 0) is 9.53 Å². The number of carbonyl (C=O) groups is 2. The second-order valence-electron chi connectivity index (χ2n) is 6.43. The zero-order valence-electron chi connectivity index (χ0n) is 14.4. The van der Waals surface area contributed by atoms with E-state index < -0.39 is 0 Å². The van der Waals surface area contributed by atoms with Crippen LogP contribution in [0.5, 0.6) is 0 Å². The first kappa shape index (κ1) is 18.5. The fourth-order valence-corrected chi connectivity index (χ4v) is 2.69. The first-order valence-corrected chi connectivity index (χ1v) is 8.47. The molecule has 1 saturated heterocycles. The van der Waals surface area contributed by atoms with Gasteiger partial charge in [-0.25, -0.2) is 0 Å². The first-order chi connectivity index (χ1) is 11.5. The van der Waals surface area contributed by atoms with Gasteiger partial charge in [-0.1, -0.05) is 13.8 Å². The Labute approximate surface area is 142 Å². The average molecular weight is 337 g/mol. The van der Waals surface area contributed by atoms with Gasteiger partial charge in [-0.15, -0.1) is 0 Å². The summed E-state index contributed by atoms with van der Waals surface area (Å²) < 4.78 is 10.7. The maximum absolute atomic E-state index is 11.9. The van der Waals surface area contributed by atoms with Crippen molar-refractivity contribution >= 4 is 11.8 Å². The first-order valence-electron chi connectivity index (χ1n) is 8.47. The van der Waals surface area contributed by atoms with E-state index in [-0.39, 0.29) is 36.6 Å². The van der Waals surface area contributed by atoms with Crippen LogP contribution in [0.15, 0.2) is 22.8 Å². The molecule has 24 heavy (non-hydrogen) atoms. The Morgan fingerprint density at radius 2 is 2.21 bits per heavy atom. The van der Waals surface area contributed by atoms with Crippen LogP contribution < -0.4 is 10.6 Å². The van der Waals surface area contributed by atoms with Gasteiger partial charge in [0.15, 0.2) is 5.76 Å². The van der Waals surface area contributed by atoms with E-state index in [0.29, 0.717) is 19.1 Å². The van der Waals surface area contributed by atoms with Crippen molar-refractivity contribution in [3.05, 3.63) is 24.2 Å². The highest BCUT2D eigenvalue weighted by molar-refractivity contribution is 5.91. The number of furan rings is 1. The topological polar surface area (TPSA) is 83.8 Å². The molecule has 1 aliphatic heterocycles. The van der Waals surface area contributed by atoms with E-state index >= 15 is 0 Å². The molecule has 7 heteroatoms. The summed E-state index contributed by atoms with van der Waals surface area (Å²) in [5, 5.41) is 5.52. The van der Waals surface area contributed by atoms with E-state index in [0.717, 1.165) is 19.6 Å². The second kappa shape index (κ2) is 9.44. The summed E-state index contributed by atoms with van der Waals surface area (Å²) in [4.78, 5) is 25.9. The van der Waals surface area contributed by atoms with Crippen molar-refractivity contribution in [2.75, 3.05) is 39.3 Å². The van der Waals surface area contributed by atoms with Crippen molar-refractivity contribution < 1.29 is 18.7 Å². The number of carbonyl (C=O) groups excluding carboxylic acids is 2. The van der Waals surface area contributed by atoms with Crippen LogP contribution in [0.4, 0.5) is 0 Å². The van der Waals surface area contributed by atoms with Gasteiger partial charge in [0.05, 0.1) is 19.0 Å². The highest BCUT2D eigenvalue weighted by atomic mass is 16.5. The smallest absolute Gasteiger partial charge is 0.286 e. The summed E-state index contributed by atoms with van der Waals surface area (Å²) in [6.07, 6.45) is 1.70. The third-order valence-corrected chi connectivity index (χ3v) is 3.76. The van der Waals surface area contributed by atoms with Gasteiger partial charge in [-0.2, -0.15) is 0 Å². The predicted molar refractivity (Wildman–Crippen MR) is 89.7 cm³/mol. The fourth-order valence-electron chi connectivity index (χ4n) is 2.69. The molecule has 0 aromatic carbocycles. The Morgan fingerprint density at radius 3 is 2.92 bits per heavy atom. The maximum atomic E-state index is 11.9. The van der Waals surface area contributed by atoms with Crippen LogP contribution >= 0.6 is 0 Å². The van der Waals surface area contributed by atoms with Gasteiger partial charge in [0, 0.05) is 39.1 Å². The maximum Gasteiger partial charge on any atom is 0.286 e. The summed E-state index contributed by atoms with van der Waals surface area (Å²) in [5.41, 5.74) is 0. The van der Waals surface area contributed by atoms with Crippen LogP contribution in [0.1, 0.15) is 30.8 Å². The molecule has 0 saturated carbocycles. The van der Waals surface area contributed by atoms with Crippen molar-refractivity contribution in [1.29, 1.82) is 0 Å². The normalized spacial score (nSPS) is 18.5. The number of hydrogen-bond donors (Lipinski definition) is 2. The third kappa shape index (κ3) is 6.33. The highest BCUT2D eigenvalue weighted by Crippen LogP contribution is 2.07. The zero-order valence-corrected chi connectivity index (χ0v) is 14.4. The monoisotopic (exact) mass is 337 g/mol. The van der Waals surface area contributed by atoms with E-state index in [2.05, 4.69) is 29.4 Å². The molecule has 0 aliphatic carbocycles. The van der Waals surface area contributed by atoms with Gasteiger partial charge in [0.25, 0.3) is 5.91 Å². The number of amides is 2. The number of morpholine rings is 1. The number of nitrogens with zero attached hydrogens (tertiary/aromatic N) is 1. The quantitative estimate of drug-likeness (QED) is 0.735. The Hall–Kier alpha value is -1.86. The molecule has 1 aromatic heterocycles. The summed E-state index contributed by atoms with van der Waals surface area (Å²) >= 11 is 0. The standard InChI is InChI=1S/C17H27N3O4/c1-13(2)11-20-7-9-23-14(12-20)10-19-16(21)5-6-18-17(22)15-4-3-8-24-15/h3-4,8,13-14H,5-7,9-12H2,1-2H3,(H,18,22)(H,19,21). The van der Waals surface area contributed by atoms with Gasteiger partial charge in [-0.05, 0) is 18.1 Å². The van der Waals surface area contributed by atoms with E-state index in [1.807, 2.05) is 0 Å². The van der Waals surface area contributed by atoms with Gasteiger partial charge in [-0.3, -0.25) is 14.5 Å². The second-order valence-corrected chi connectivity index (χ2v) is 6.43. The lowest BCUT2D eigenvalue weighted by atomic mass is 10.2. The predicted octanol–water partition coefficient (Wildman–Crippen LogP) is 0.873. The molecule has 2 N–H and O–H groups in total. The average Bonchev–Trinajstić information content (AvgIpc) is 3.07. The Balaban J connectivity index is 1.60. The van der Waals surface area contributed by atoms with Crippen molar-refractivity contribution in [3.63, 3.8) is 0 Å². The van der Waals surface area contributed by atoms with Crippen LogP contribution in [-0.4, -0.2) is 62.1 Å². The van der Waals surface area contributed by atoms with Gasteiger partial charge < -0.3 is 19.8 Å². The Kier molecular flexibility index (Phi) is 7.27. The lowest BCUT2D eigenvalue weighted by Gasteiger charge is -2.33. The molecule has 0 radical (unpaired) electrons. The van der Waals surface area contributed by atoms with E-state index in [1.54, 1.807) is 12.1 Å². The van der Waals surface area contributed by atoms with Crippen molar-refractivity contribution in [2.24, 2.45) is 5.92 Å². The molecular formula is C17H27N3O4. The lowest BCUT2D eigenvalue weighted by molar-refractivity contribution is -0.122. The van der Waals surface area contributed by atoms with Crippen molar-refractivity contribution in [2.45, 2.75) is 26.4 Å². The van der Waals surface area contributed by atoms with Gasteiger partial charge in [0.1, 0.15) is 0 Å². The van der Waals surface area contributed by atoms with Gasteiger partial charge >= 0.3 is 0 Å². The molecule has 2 heterocycles. The molecule has 1 fully saturated rings. The summed E-state index contributed by atoms with van der Waals surface area (Å²) in [6.45, 7) is 8.71. The fraction of sp³-hybridized carbons (Fsp3) is 0.647. The molecule has 7 nitrogen and oxygen atoms in total. The molecule has 2 rings (SSSR count). The largest absolute Gasteiger partial charge is 0.459 e. The molecule has 1 atom stereocenters.